The van der Waals surface area contributed by atoms with E-state index in [1.165, 1.54) is 0 Å². The Morgan fingerprint density at radius 2 is 1.89 bits per heavy atom. The Bertz CT molecular complexity index is 553. The zero-order valence-electron chi connectivity index (χ0n) is 10.4. The van der Waals surface area contributed by atoms with Crippen LogP contribution >= 0.6 is 27.5 Å². The summed E-state index contributed by atoms with van der Waals surface area (Å²) in [6.07, 6.45) is -0.572. The topological polar surface area (TPSA) is 29.5 Å². The predicted octanol–water partition coefficient (Wildman–Crippen LogP) is 4.73. The zero-order valence-corrected chi connectivity index (χ0v) is 12.8. The van der Waals surface area contributed by atoms with Gasteiger partial charge in [-0.2, -0.15) is 0 Å². The predicted molar refractivity (Wildman–Crippen MR) is 80.6 cm³/mol. The van der Waals surface area contributed by atoms with E-state index >= 15 is 0 Å². The van der Waals surface area contributed by atoms with E-state index in [1.54, 1.807) is 6.92 Å². The minimum Gasteiger partial charge on any atom is -0.489 e. The first-order valence-electron chi connectivity index (χ1n) is 5.91. The number of aliphatic hydroxyl groups is 1. The molecular weight excluding hydrogens is 328 g/mol. The van der Waals surface area contributed by atoms with Gasteiger partial charge in [0.1, 0.15) is 12.4 Å². The second-order valence-corrected chi connectivity index (χ2v) is 5.63. The molecule has 0 amide bonds. The van der Waals surface area contributed by atoms with Gasteiger partial charge in [0.2, 0.25) is 0 Å². The molecule has 2 aromatic rings. The van der Waals surface area contributed by atoms with E-state index in [0.717, 1.165) is 15.6 Å². The van der Waals surface area contributed by atoms with Crippen molar-refractivity contribution in [3.63, 3.8) is 0 Å². The maximum atomic E-state index is 9.74. The third kappa shape index (κ3) is 3.96. The van der Waals surface area contributed by atoms with Crippen molar-refractivity contribution in [1.29, 1.82) is 0 Å². The van der Waals surface area contributed by atoms with Gasteiger partial charge in [0.25, 0.3) is 0 Å². The molecule has 0 unspecified atom stereocenters. The second kappa shape index (κ2) is 6.42. The average molecular weight is 342 g/mol. The van der Waals surface area contributed by atoms with Crippen LogP contribution in [0.15, 0.2) is 46.9 Å². The fourth-order valence-corrected chi connectivity index (χ4v) is 2.22. The van der Waals surface area contributed by atoms with Crippen LogP contribution < -0.4 is 4.74 Å². The van der Waals surface area contributed by atoms with Crippen LogP contribution in [0.25, 0.3) is 0 Å². The Morgan fingerprint density at radius 1 is 1.21 bits per heavy atom. The molecule has 2 aromatic carbocycles. The fraction of sp³-hybridized carbons (Fsp3) is 0.200. The van der Waals surface area contributed by atoms with Crippen LogP contribution in [0.3, 0.4) is 0 Å². The molecule has 0 saturated carbocycles. The smallest absolute Gasteiger partial charge is 0.125 e. The summed E-state index contributed by atoms with van der Waals surface area (Å²) < 4.78 is 6.67. The number of hydrogen-bond acceptors (Lipinski definition) is 2. The van der Waals surface area contributed by atoms with Crippen LogP contribution in [-0.4, -0.2) is 5.11 Å². The summed E-state index contributed by atoms with van der Waals surface area (Å²) in [6, 6.07) is 13.1. The Labute approximate surface area is 126 Å². The summed E-state index contributed by atoms with van der Waals surface area (Å²) in [4.78, 5) is 0. The highest BCUT2D eigenvalue weighted by atomic mass is 79.9. The molecular formula is C15H14BrClO2. The average Bonchev–Trinajstić information content (AvgIpc) is 2.39. The van der Waals surface area contributed by atoms with E-state index < -0.39 is 6.10 Å². The first kappa shape index (κ1) is 14.4. The lowest BCUT2D eigenvalue weighted by Gasteiger charge is -2.14. The van der Waals surface area contributed by atoms with Gasteiger partial charge in [-0.3, -0.25) is 0 Å². The number of halogens is 2. The highest BCUT2D eigenvalue weighted by molar-refractivity contribution is 9.10. The number of ether oxygens (including phenoxy) is 1. The molecule has 0 aromatic heterocycles. The van der Waals surface area contributed by atoms with E-state index in [2.05, 4.69) is 15.9 Å². The van der Waals surface area contributed by atoms with Crippen molar-refractivity contribution in [3.8, 4) is 5.75 Å². The van der Waals surface area contributed by atoms with E-state index in [1.807, 2.05) is 42.5 Å². The Hall–Kier alpha value is -1.03. The van der Waals surface area contributed by atoms with Gasteiger partial charge >= 0.3 is 0 Å². The van der Waals surface area contributed by atoms with Crippen molar-refractivity contribution in [2.24, 2.45) is 0 Å². The summed E-state index contributed by atoms with van der Waals surface area (Å²) in [5.41, 5.74) is 1.80. The lowest BCUT2D eigenvalue weighted by Crippen LogP contribution is -2.01. The number of aliphatic hydroxyl groups excluding tert-OH is 1. The van der Waals surface area contributed by atoms with Gasteiger partial charge in [-0.05, 0) is 42.8 Å². The van der Waals surface area contributed by atoms with Crippen molar-refractivity contribution in [3.05, 3.63) is 63.1 Å². The third-order valence-corrected chi connectivity index (χ3v) is 3.47. The Morgan fingerprint density at radius 3 is 2.53 bits per heavy atom. The van der Waals surface area contributed by atoms with Gasteiger partial charge in [0.15, 0.2) is 0 Å². The molecule has 100 valence electrons. The molecule has 2 nitrogen and oxygen atoms in total. The second-order valence-electron chi connectivity index (χ2n) is 4.27. The number of hydrogen-bond donors (Lipinski definition) is 1. The maximum absolute atomic E-state index is 9.74. The summed E-state index contributed by atoms with van der Waals surface area (Å²) in [6.45, 7) is 2.16. The molecule has 0 radical (unpaired) electrons. The molecule has 19 heavy (non-hydrogen) atoms. The molecule has 4 heteroatoms. The molecule has 0 fully saturated rings. The van der Waals surface area contributed by atoms with Crippen LogP contribution in [0.4, 0.5) is 0 Å². The molecule has 0 aliphatic heterocycles. The lowest BCUT2D eigenvalue weighted by atomic mass is 10.1. The number of rotatable bonds is 4. The summed E-state index contributed by atoms with van der Waals surface area (Å²) >= 11 is 9.22. The minimum atomic E-state index is -0.572. The summed E-state index contributed by atoms with van der Waals surface area (Å²) in [7, 11) is 0. The number of benzene rings is 2. The SMILES string of the molecule is C[C@H](O)c1cc(Br)ccc1OCc1ccc(Cl)cc1. The molecule has 1 N–H and O–H groups in total. The standard InChI is InChI=1S/C15H14BrClO2/c1-10(18)14-8-12(16)4-7-15(14)19-9-11-2-5-13(17)6-3-11/h2-8,10,18H,9H2,1H3/t10-/m0/s1. The fourth-order valence-electron chi connectivity index (χ4n) is 1.72. The zero-order chi connectivity index (χ0) is 13.8. The van der Waals surface area contributed by atoms with E-state index in [9.17, 15) is 5.11 Å². The van der Waals surface area contributed by atoms with E-state index in [0.29, 0.717) is 17.4 Å². The van der Waals surface area contributed by atoms with Gasteiger partial charge in [-0.25, -0.2) is 0 Å². The summed E-state index contributed by atoms with van der Waals surface area (Å²) in [5, 5.41) is 10.4. The first-order chi connectivity index (χ1) is 9.06. The van der Waals surface area contributed by atoms with E-state index in [-0.39, 0.29) is 0 Å². The Balaban J connectivity index is 2.13. The molecule has 0 bridgehead atoms. The van der Waals surface area contributed by atoms with Crippen molar-refractivity contribution in [1.82, 2.24) is 0 Å². The molecule has 0 saturated heterocycles. The Kier molecular flexibility index (Phi) is 4.86. The van der Waals surface area contributed by atoms with Crippen molar-refractivity contribution in [2.45, 2.75) is 19.6 Å². The third-order valence-electron chi connectivity index (χ3n) is 2.73. The van der Waals surface area contributed by atoms with Gasteiger partial charge in [-0.1, -0.05) is 39.7 Å². The molecule has 0 aliphatic rings. The monoisotopic (exact) mass is 340 g/mol. The molecule has 2 rings (SSSR count). The van der Waals surface area contributed by atoms with Gasteiger partial charge in [0, 0.05) is 15.1 Å². The maximum Gasteiger partial charge on any atom is 0.125 e. The summed E-state index contributed by atoms with van der Waals surface area (Å²) in [5.74, 6) is 0.688. The van der Waals surface area contributed by atoms with Crippen molar-refractivity contribution >= 4 is 27.5 Å². The van der Waals surface area contributed by atoms with Gasteiger partial charge < -0.3 is 9.84 Å². The highest BCUT2D eigenvalue weighted by Gasteiger charge is 2.10. The molecule has 0 aliphatic carbocycles. The molecule has 1 atom stereocenters. The van der Waals surface area contributed by atoms with Gasteiger partial charge in [-0.15, -0.1) is 0 Å². The van der Waals surface area contributed by atoms with Crippen molar-refractivity contribution in [2.75, 3.05) is 0 Å². The molecule has 0 spiro atoms. The van der Waals surface area contributed by atoms with Crippen LogP contribution in [0.5, 0.6) is 5.75 Å². The van der Waals surface area contributed by atoms with Crippen LogP contribution in [0.2, 0.25) is 5.02 Å². The van der Waals surface area contributed by atoms with Gasteiger partial charge in [0.05, 0.1) is 6.10 Å². The van der Waals surface area contributed by atoms with Crippen LogP contribution in [0.1, 0.15) is 24.2 Å². The quantitative estimate of drug-likeness (QED) is 0.870. The van der Waals surface area contributed by atoms with E-state index in [4.69, 9.17) is 16.3 Å². The minimum absolute atomic E-state index is 0.443. The largest absolute Gasteiger partial charge is 0.489 e. The van der Waals surface area contributed by atoms with Crippen molar-refractivity contribution < 1.29 is 9.84 Å². The first-order valence-corrected chi connectivity index (χ1v) is 7.08. The molecule has 0 heterocycles. The van der Waals surface area contributed by atoms with Crippen LogP contribution in [0, 0.1) is 0 Å². The highest BCUT2D eigenvalue weighted by Crippen LogP contribution is 2.29. The lowest BCUT2D eigenvalue weighted by molar-refractivity contribution is 0.190. The van der Waals surface area contributed by atoms with Crippen LogP contribution in [-0.2, 0) is 6.61 Å². The normalized spacial score (nSPS) is 12.2.